The summed E-state index contributed by atoms with van der Waals surface area (Å²) in [6, 6.07) is 0. The third kappa shape index (κ3) is 6.92. The van der Waals surface area contributed by atoms with Crippen LogP contribution >= 0.6 is 0 Å². The summed E-state index contributed by atoms with van der Waals surface area (Å²) in [5.74, 6) is 0. The summed E-state index contributed by atoms with van der Waals surface area (Å²) >= 11 is 0. The summed E-state index contributed by atoms with van der Waals surface area (Å²) in [6.07, 6.45) is -0.376. The number of rotatable bonds is 8. The molecule has 1 unspecified atom stereocenters. The van der Waals surface area contributed by atoms with Crippen molar-refractivity contribution < 1.29 is 19.7 Å². The zero-order valence-corrected chi connectivity index (χ0v) is 8.19. The Hall–Kier alpha value is -0.200. The van der Waals surface area contributed by atoms with Crippen molar-refractivity contribution in [3.05, 3.63) is 0 Å². The smallest absolute Gasteiger partial charge is 0.169 e. The van der Waals surface area contributed by atoms with Crippen LogP contribution in [-0.4, -0.2) is 56.5 Å². The Balaban J connectivity index is 3.23. The molecule has 80 valence electrons. The first kappa shape index (κ1) is 12.8. The molecule has 1 atom stereocenters. The summed E-state index contributed by atoms with van der Waals surface area (Å²) in [6.45, 7) is 1.01. The van der Waals surface area contributed by atoms with Crippen molar-refractivity contribution in [2.45, 2.75) is 18.8 Å². The number of aliphatic hydroxyl groups is 2. The predicted octanol–water partition coefficient (Wildman–Crippen LogP) is -1.06. The summed E-state index contributed by atoms with van der Waals surface area (Å²) in [5, 5.41) is 20.5. The van der Waals surface area contributed by atoms with Crippen molar-refractivity contribution in [2.24, 2.45) is 0 Å². The molecular weight excluding hydrogens is 174 g/mol. The molecule has 0 radical (unpaired) electrons. The van der Waals surface area contributed by atoms with E-state index in [4.69, 9.17) is 19.7 Å². The van der Waals surface area contributed by atoms with Gasteiger partial charge < -0.3 is 25.0 Å². The highest BCUT2D eigenvalue weighted by atomic mass is 16.7. The van der Waals surface area contributed by atoms with Crippen LogP contribution in [0, 0.1) is 0 Å². The second-order valence-electron chi connectivity index (χ2n) is 2.73. The Morgan fingerprint density at radius 1 is 1.31 bits per heavy atom. The second-order valence-corrected chi connectivity index (χ2v) is 2.73. The molecule has 0 amide bonds. The molecule has 0 aliphatic carbocycles. The van der Waals surface area contributed by atoms with E-state index in [1.165, 1.54) is 0 Å². The third-order valence-corrected chi connectivity index (χ3v) is 1.70. The van der Waals surface area contributed by atoms with Gasteiger partial charge in [-0.1, -0.05) is 0 Å². The van der Waals surface area contributed by atoms with Gasteiger partial charge in [-0.2, -0.15) is 0 Å². The Morgan fingerprint density at radius 3 is 2.38 bits per heavy atom. The minimum absolute atomic E-state index is 0.195. The average Bonchev–Trinajstić information content (AvgIpc) is 2.18. The molecule has 5 heteroatoms. The van der Waals surface area contributed by atoms with Gasteiger partial charge in [-0.3, -0.25) is 0 Å². The normalized spacial score (nSPS) is 13.6. The first-order chi connectivity index (χ1) is 6.24. The van der Waals surface area contributed by atoms with E-state index in [2.05, 4.69) is 5.32 Å². The third-order valence-electron chi connectivity index (χ3n) is 1.70. The van der Waals surface area contributed by atoms with Gasteiger partial charge in [0.25, 0.3) is 0 Å². The van der Waals surface area contributed by atoms with E-state index in [-0.39, 0.29) is 12.9 Å². The first-order valence-electron chi connectivity index (χ1n) is 4.29. The molecule has 0 fully saturated rings. The maximum Gasteiger partial charge on any atom is 0.169 e. The quantitative estimate of drug-likeness (QED) is 0.338. The molecule has 3 N–H and O–H groups in total. The first-order valence-corrected chi connectivity index (χ1v) is 4.29. The SMILES string of the molecule is COC(CNCCC(O)CO)OC. The van der Waals surface area contributed by atoms with Crippen LogP contribution in [0.25, 0.3) is 0 Å². The second kappa shape index (κ2) is 8.40. The highest BCUT2D eigenvalue weighted by Gasteiger charge is 2.04. The number of hydrogen-bond acceptors (Lipinski definition) is 5. The number of aliphatic hydroxyl groups excluding tert-OH is 2. The Kier molecular flexibility index (Phi) is 8.27. The highest BCUT2D eigenvalue weighted by Crippen LogP contribution is 1.90. The van der Waals surface area contributed by atoms with Crippen molar-refractivity contribution in [3.63, 3.8) is 0 Å². The zero-order chi connectivity index (χ0) is 10.1. The molecule has 5 nitrogen and oxygen atoms in total. The Morgan fingerprint density at radius 2 is 1.92 bits per heavy atom. The van der Waals surface area contributed by atoms with Gasteiger partial charge in [-0.25, -0.2) is 0 Å². The lowest BCUT2D eigenvalue weighted by Crippen LogP contribution is -2.32. The Labute approximate surface area is 78.7 Å². The Bertz CT molecular complexity index is 108. The molecule has 0 saturated heterocycles. The van der Waals surface area contributed by atoms with E-state index in [9.17, 15) is 0 Å². The van der Waals surface area contributed by atoms with E-state index in [1.807, 2.05) is 0 Å². The largest absolute Gasteiger partial charge is 0.394 e. The van der Waals surface area contributed by atoms with E-state index in [0.29, 0.717) is 19.5 Å². The molecular formula is C8H19NO4. The van der Waals surface area contributed by atoms with E-state index < -0.39 is 6.10 Å². The maximum absolute atomic E-state index is 8.99. The topological polar surface area (TPSA) is 71.0 Å². The minimum Gasteiger partial charge on any atom is -0.394 e. The summed E-state index contributed by atoms with van der Waals surface area (Å²) in [5.41, 5.74) is 0. The van der Waals surface area contributed by atoms with Gasteiger partial charge in [0, 0.05) is 20.8 Å². The van der Waals surface area contributed by atoms with Crippen molar-refractivity contribution >= 4 is 0 Å². The number of nitrogens with one attached hydrogen (secondary N) is 1. The fraction of sp³-hybridized carbons (Fsp3) is 1.00. The lowest BCUT2D eigenvalue weighted by molar-refractivity contribution is -0.0988. The van der Waals surface area contributed by atoms with Crippen LogP contribution in [0.15, 0.2) is 0 Å². The molecule has 0 aromatic carbocycles. The van der Waals surface area contributed by atoms with Gasteiger partial charge in [-0.15, -0.1) is 0 Å². The molecule has 0 spiro atoms. The van der Waals surface area contributed by atoms with Crippen LogP contribution in [0.4, 0.5) is 0 Å². The van der Waals surface area contributed by atoms with E-state index in [1.54, 1.807) is 14.2 Å². The number of ether oxygens (including phenoxy) is 2. The van der Waals surface area contributed by atoms with Crippen molar-refractivity contribution in [1.29, 1.82) is 0 Å². The van der Waals surface area contributed by atoms with Crippen LogP contribution in [-0.2, 0) is 9.47 Å². The van der Waals surface area contributed by atoms with Crippen LogP contribution in [0.5, 0.6) is 0 Å². The monoisotopic (exact) mass is 193 g/mol. The van der Waals surface area contributed by atoms with Gasteiger partial charge >= 0.3 is 0 Å². The van der Waals surface area contributed by atoms with E-state index >= 15 is 0 Å². The molecule has 0 bridgehead atoms. The fourth-order valence-corrected chi connectivity index (χ4v) is 0.843. The summed E-state index contributed by atoms with van der Waals surface area (Å²) in [7, 11) is 3.14. The standard InChI is InChI=1S/C8H19NO4/c1-12-8(13-2)5-9-4-3-7(11)6-10/h7-11H,3-6H2,1-2H3. The lowest BCUT2D eigenvalue weighted by atomic mass is 10.3. The van der Waals surface area contributed by atoms with Gasteiger partial charge in [0.2, 0.25) is 0 Å². The van der Waals surface area contributed by atoms with Gasteiger partial charge in [0.05, 0.1) is 12.7 Å². The van der Waals surface area contributed by atoms with E-state index in [0.717, 1.165) is 0 Å². The van der Waals surface area contributed by atoms with Crippen LogP contribution in [0.1, 0.15) is 6.42 Å². The van der Waals surface area contributed by atoms with Crippen molar-refractivity contribution in [3.8, 4) is 0 Å². The number of methoxy groups -OCH3 is 2. The highest BCUT2D eigenvalue weighted by molar-refractivity contribution is 4.57. The molecule has 0 saturated carbocycles. The van der Waals surface area contributed by atoms with Gasteiger partial charge in [0.15, 0.2) is 6.29 Å². The molecule has 0 rings (SSSR count). The minimum atomic E-state index is -0.643. The molecule has 13 heavy (non-hydrogen) atoms. The van der Waals surface area contributed by atoms with Crippen LogP contribution < -0.4 is 5.32 Å². The molecule has 0 heterocycles. The summed E-state index contributed by atoms with van der Waals surface area (Å²) < 4.78 is 9.87. The molecule has 0 aromatic rings. The van der Waals surface area contributed by atoms with Crippen LogP contribution in [0.2, 0.25) is 0 Å². The predicted molar refractivity (Wildman–Crippen MR) is 48.4 cm³/mol. The lowest BCUT2D eigenvalue weighted by Gasteiger charge is -2.14. The van der Waals surface area contributed by atoms with Crippen LogP contribution in [0.3, 0.4) is 0 Å². The van der Waals surface area contributed by atoms with Crippen molar-refractivity contribution in [1.82, 2.24) is 5.32 Å². The molecule has 0 aliphatic heterocycles. The van der Waals surface area contributed by atoms with Gasteiger partial charge in [0.1, 0.15) is 0 Å². The maximum atomic E-state index is 8.99. The molecule has 0 aromatic heterocycles. The van der Waals surface area contributed by atoms with Gasteiger partial charge in [-0.05, 0) is 13.0 Å². The fourth-order valence-electron chi connectivity index (χ4n) is 0.843. The van der Waals surface area contributed by atoms with Crippen molar-refractivity contribution in [2.75, 3.05) is 33.9 Å². The average molecular weight is 193 g/mol. The summed E-state index contributed by atoms with van der Waals surface area (Å²) in [4.78, 5) is 0. The molecule has 0 aliphatic rings. The number of hydrogen-bond donors (Lipinski definition) is 3. The zero-order valence-electron chi connectivity index (χ0n) is 8.19.